The van der Waals surface area contributed by atoms with Crippen LogP contribution in [0, 0.1) is 5.82 Å². The molecular weight excluding hydrogens is 257 g/mol. The van der Waals surface area contributed by atoms with Crippen LogP contribution in [0.25, 0.3) is 0 Å². The van der Waals surface area contributed by atoms with Crippen molar-refractivity contribution in [2.24, 2.45) is 0 Å². The van der Waals surface area contributed by atoms with Crippen LogP contribution < -0.4 is 14.8 Å². The molecule has 0 aliphatic rings. The van der Waals surface area contributed by atoms with E-state index in [9.17, 15) is 4.39 Å². The molecule has 2 aromatic rings. The van der Waals surface area contributed by atoms with E-state index in [4.69, 9.17) is 9.47 Å². The lowest BCUT2D eigenvalue weighted by Gasteiger charge is -2.17. The Bertz CT molecular complexity index is 569. The molecule has 0 aliphatic heterocycles. The molecule has 0 heterocycles. The van der Waals surface area contributed by atoms with Crippen LogP contribution in [0.3, 0.4) is 0 Å². The van der Waals surface area contributed by atoms with Gasteiger partial charge >= 0.3 is 0 Å². The quantitative estimate of drug-likeness (QED) is 0.897. The molecule has 1 N–H and O–H groups in total. The Labute approximate surface area is 118 Å². The van der Waals surface area contributed by atoms with E-state index < -0.39 is 0 Å². The third-order valence-corrected chi connectivity index (χ3v) is 3.18. The highest BCUT2D eigenvalue weighted by Gasteiger charge is 2.15. The summed E-state index contributed by atoms with van der Waals surface area (Å²) in [7, 11) is 3.42. The first-order valence-corrected chi connectivity index (χ1v) is 6.43. The Hall–Kier alpha value is -2.07. The summed E-state index contributed by atoms with van der Waals surface area (Å²) in [5.74, 6) is 1.18. The van der Waals surface area contributed by atoms with Crippen LogP contribution in [0.5, 0.6) is 17.2 Å². The van der Waals surface area contributed by atoms with E-state index in [1.54, 1.807) is 37.4 Å². The lowest BCUT2D eigenvalue weighted by molar-refractivity contribution is 0.409. The van der Waals surface area contributed by atoms with Crippen LogP contribution in [0.15, 0.2) is 42.5 Å². The van der Waals surface area contributed by atoms with E-state index in [1.807, 2.05) is 20.0 Å². The summed E-state index contributed by atoms with van der Waals surface area (Å²) in [5.41, 5.74) is 0.781. The van der Waals surface area contributed by atoms with Crippen molar-refractivity contribution in [2.45, 2.75) is 13.0 Å². The summed E-state index contributed by atoms with van der Waals surface area (Å²) in [5, 5.41) is 3.09. The molecule has 2 rings (SSSR count). The van der Waals surface area contributed by atoms with Gasteiger partial charge in [0.1, 0.15) is 11.5 Å². The zero-order valence-corrected chi connectivity index (χ0v) is 11.8. The summed E-state index contributed by atoms with van der Waals surface area (Å²) in [4.78, 5) is 0. The van der Waals surface area contributed by atoms with Gasteiger partial charge in [0, 0.05) is 11.6 Å². The summed E-state index contributed by atoms with van der Waals surface area (Å²) in [6.07, 6.45) is 0. The Kier molecular flexibility index (Phi) is 4.58. The lowest BCUT2D eigenvalue weighted by Crippen LogP contribution is -2.13. The second kappa shape index (κ2) is 6.39. The Balaban J connectivity index is 2.31. The minimum absolute atomic E-state index is 0.000974. The fourth-order valence-corrected chi connectivity index (χ4v) is 1.89. The molecule has 106 valence electrons. The zero-order valence-electron chi connectivity index (χ0n) is 11.8. The van der Waals surface area contributed by atoms with Gasteiger partial charge in [-0.25, -0.2) is 4.39 Å². The summed E-state index contributed by atoms with van der Waals surface area (Å²) in [6.45, 7) is 1.95. The lowest BCUT2D eigenvalue weighted by atomic mass is 10.1. The molecule has 0 fully saturated rings. The normalized spacial score (nSPS) is 12.0. The van der Waals surface area contributed by atoms with Crippen LogP contribution in [0.4, 0.5) is 4.39 Å². The molecule has 0 saturated heterocycles. The predicted octanol–water partition coefficient (Wildman–Crippen LogP) is 3.91. The van der Waals surface area contributed by atoms with Gasteiger partial charge in [0.05, 0.1) is 7.11 Å². The van der Waals surface area contributed by atoms with Gasteiger partial charge in [-0.1, -0.05) is 12.1 Å². The number of nitrogens with one attached hydrogen (secondary N) is 1. The van der Waals surface area contributed by atoms with Crippen LogP contribution in [-0.2, 0) is 0 Å². The number of hydrogen-bond donors (Lipinski definition) is 1. The number of ether oxygens (including phenoxy) is 2. The maximum absolute atomic E-state index is 14.0. The fourth-order valence-electron chi connectivity index (χ4n) is 1.89. The van der Waals surface area contributed by atoms with Crippen molar-refractivity contribution < 1.29 is 13.9 Å². The van der Waals surface area contributed by atoms with Crippen molar-refractivity contribution in [3.8, 4) is 17.2 Å². The highest BCUT2D eigenvalue weighted by atomic mass is 19.1. The van der Waals surface area contributed by atoms with Gasteiger partial charge in [-0.05, 0) is 44.3 Å². The smallest absolute Gasteiger partial charge is 0.167 e. The van der Waals surface area contributed by atoms with Crippen molar-refractivity contribution in [2.75, 3.05) is 14.2 Å². The molecule has 0 radical (unpaired) electrons. The first-order valence-electron chi connectivity index (χ1n) is 6.43. The van der Waals surface area contributed by atoms with E-state index in [1.165, 1.54) is 6.07 Å². The average molecular weight is 275 g/mol. The van der Waals surface area contributed by atoms with Gasteiger partial charge in [-0.3, -0.25) is 0 Å². The molecule has 1 unspecified atom stereocenters. The molecule has 1 atom stereocenters. The number of hydrogen-bond acceptors (Lipinski definition) is 3. The van der Waals surface area contributed by atoms with Gasteiger partial charge in [0.15, 0.2) is 11.6 Å². The van der Waals surface area contributed by atoms with Crippen LogP contribution in [0.1, 0.15) is 18.5 Å². The molecule has 0 saturated carbocycles. The van der Waals surface area contributed by atoms with E-state index in [2.05, 4.69) is 5.32 Å². The van der Waals surface area contributed by atoms with Crippen molar-refractivity contribution in [1.82, 2.24) is 5.32 Å². The van der Waals surface area contributed by atoms with Gasteiger partial charge in [-0.15, -0.1) is 0 Å². The molecule has 4 heteroatoms. The van der Waals surface area contributed by atoms with Crippen molar-refractivity contribution in [1.29, 1.82) is 0 Å². The molecule has 0 spiro atoms. The topological polar surface area (TPSA) is 30.5 Å². The molecule has 20 heavy (non-hydrogen) atoms. The van der Waals surface area contributed by atoms with E-state index in [-0.39, 0.29) is 17.6 Å². The standard InChI is InChI=1S/C16H18FNO2/c1-11(18-2)14-5-4-6-15(17)16(14)20-13-9-7-12(19-3)8-10-13/h4-11,18H,1-3H3. The van der Waals surface area contributed by atoms with Crippen LogP contribution in [-0.4, -0.2) is 14.2 Å². The summed E-state index contributed by atoms with van der Waals surface area (Å²) in [6, 6.07) is 12.0. The average Bonchev–Trinajstić information content (AvgIpc) is 2.49. The second-order valence-corrected chi connectivity index (χ2v) is 4.45. The number of halogens is 1. The van der Waals surface area contributed by atoms with E-state index in [0.29, 0.717) is 5.75 Å². The van der Waals surface area contributed by atoms with Gasteiger partial charge in [-0.2, -0.15) is 0 Å². The molecule has 0 aliphatic carbocycles. The van der Waals surface area contributed by atoms with Crippen molar-refractivity contribution in [3.63, 3.8) is 0 Å². The van der Waals surface area contributed by atoms with Crippen molar-refractivity contribution in [3.05, 3.63) is 53.8 Å². The number of rotatable bonds is 5. The molecule has 3 nitrogen and oxygen atoms in total. The van der Waals surface area contributed by atoms with Crippen molar-refractivity contribution >= 4 is 0 Å². The second-order valence-electron chi connectivity index (χ2n) is 4.45. The Morgan fingerprint density at radius 3 is 2.30 bits per heavy atom. The predicted molar refractivity (Wildman–Crippen MR) is 76.9 cm³/mol. The maximum atomic E-state index is 14.0. The molecule has 0 bridgehead atoms. The maximum Gasteiger partial charge on any atom is 0.167 e. The molecule has 0 aromatic heterocycles. The third-order valence-electron chi connectivity index (χ3n) is 3.18. The number of para-hydroxylation sites is 1. The van der Waals surface area contributed by atoms with E-state index in [0.717, 1.165) is 11.3 Å². The van der Waals surface area contributed by atoms with Gasteiger partial charge < -0.3 is 14.8 Å². The van der Waals surface area contributed by atoms with Crippen LogP contribution in [0.2, 0.25) is 0 Å². The largest absolute Gasteiger partial charge is 0.497 e. The highest BCUT2D eigenvalue weighted by molar-refractivity contribution is 5.41. The number of methoxy groups -OCH3 is 1. The Morgan fingerprint density at radius 1 is 1.05 bits per heavy atom. The Morgan fingerprint density at radius 2 is 1.70 bits per heavy atom. The first kappa shape index (κ1) is 14.3. The molecule has 2 aromatic carbocycles. The minimum atomic E-state index is -0.375. The zero-order chi connectivity index (χ0) is 14.5. The minimum Gasteiger partial charge on any atom is -0.497 e. The first-order chi connectivity index (χ1) is 9.65. The van der Waals surface area contributed by atoms with Crippen LogP contribution >= 0.6 is 0 Å². The molecule has 0 amide bonds. The molecular formula is C16H18FNO2. The monoisotopic (exact) mass is 275 g/mol. The number of benzene rings is 2. The third kappa shape index (κ3) is 3.08. The highest BCUT2D eigenvalue weighted by Crippen LogP contribution is 2.32. The fraction of sp³-hybridized carbons (Fsp3) is 0.250. The van der Waals surface area contributed by atoms with E-state index >= 15 is 0 Å². The summed E-state index contributed by atoms with van der Waals surface area (Å²) < 4.78 is 24.8. The van der Waals surface area contributed by atoms with Gasteiger partial charge in [0.25, 0.3) is 0 Å². The SMILES string of the molecule is CNC(C)c1cccc(F)c1Oc1ccc(OC)cc1. The van der Waals surface area contributed by atoms with Gasteiger partial charge in [0.2, 0.25) is 0 Å². The summed E-state index contributed by atoms with van der Waals surface area (Å²) >= 11 is 0.